The van der Waals surface area contributed by atoms with Gasteiger partial charge in [-0.2, -0.15) is 0 Å². The minimum Gasteiger partial charge on any atom is -0.508 e. The van der Waals surface area contributed by atoms with Crippen LogP contribution in [0.4, 0.5) is 0 Å². The van der Waals surface area contributed by atoms with Crippen LogP contribution in [0.2, 0.25) is 0 Å². The van der Waals surface area contributed by atoms with Gasteiger partial charge in [-0.25, -0.2) is 0 Å². The minimum absolute atomic E-state index is 0.178. The van der Waals surface area contributed by atoms with E-state index in [4.69, 9.17) is 0 Å². The van der Waals surface area contributed by atoms with Gasteiger partial charge in [0, 0.05) is 24.6 Å². The molecule has 2 aromatic carbocycles. The van der Waals surface area contributed by atoms with Crippen molar-refractivity contribution in [2.45, 2.75) is 12.1 Å². The average Bonchev–Trinajstić information content (AvgIpc) is 2.65. The van der Waals surface area contributed by atoms with E-state index in [1.54, 1.807) is 49.5 Å². The summed E-state index contributed by atoms with van der Waals surface area (Å²) in [5.74, 6) is -0.00105. The number of hydrogen-bond donors (Lipinski definition) is 2. The average molecular weight is 269 g/mol. The topological polar surface area (TPSA) is 60.8 Å². The molecule has 2 N–H and O–H groups in total. The summed E-state index contributed by atoms with van der Waals surface area (Å²) in [4.78, 5) is 13.5. The number of nitrogens with zero attached hydrogens (tertiary/aromatic N) is 1. The quantitative estimate of drug-likeness (QED) is 0.875. The van der Waals surface area contributed by atoms with Crippen molar-refractivity contribution in [2.24, 2.45) is 0 Å². The number of aliphatic hydroxyl groups is 1. The van der Waals surface area contributed by atoms with Gasteiger partial charge in [0.2, 0.25) is 0 Å². The normalized spacial score (nSPS) is 21.1. The number of aromatic hydroxyl groups is 1. The fourth-order valence-corrected chi connectivity index (χ4v) is 2.66. The zero-order valence-corrected chi connectivity index (χ0v) is 11.1. The molecule has 0 fully saturated rings. The van der Waals surface area contributed by atoms with E-state index in [0.29, 0.717) is 11.1 Å². The van der Waals surface area contributed by atoms with Crippen LogP contribution in [0.1, 0.15) is 21.5 Å². The highest BCUT2D eigenvalue weighted by Crippen LogP contribution is 2.38. The number of benzene rings is 2. The van der Waals surface area contributed by atoms with Gasteiger partial charge in [0.15, 0.2) is 5.72 Å². The summed E-state index contributed by atoms with van der Waals surface area (Å²) in [7, 11) is 1.60. The van der Waals surface area contributed by atoms with Crippen molar-refractivity contribution in [3.63, 3.8) is 0 Å². The molecular weight excluding hydrogens is 254 g/mol. The van der Waals surface area contributed by atoms with Gasteiger partial charge in [-0.05, 0) is 23.8 Å². The Morgan fingerprint density at radius 1 is 1.10 bits per heavy atom. The lowest BCUT2D eigenvalue weighted by Crippen LogP contribution is -2.42. The van der Waals surface area contributed by atoms with Crippen molar-refractivity contribution < 1.29 is 15.0 Å². The Morgan fingerprint density at radius 3 is 2.45 bits per heavy atom. The summed E-state index contributed by atoms with van der Waals surface area (Å²) in [5.41, 5.74) is 0.670. The summed E-state index contributed by atoms with van der Waals surface area (Å²) in [6.45, 7) is 0. The van der Waals surface area contributed by atoms with E-state index in [1.165, 1.54) is 4.90 Å². The molecule has 0 spiro atoms. The van der Waals surface area contributed by atoms with Crippen molar-refractivity contribution >= 4 is 5.91 Å². The monoisotopic (exact) mass is 269 g/mol. The molecule has 102 valence electrons. The summed E-state index contributed by atoms with van der Waals surface area (Å²) >= 11 is 0. The van der Waals surface area contributed by atoms with E-state index in [2.05, 4.69) is 0 Å². The molecule has 4 heteroatoms. The van der Waals surface area contributed by atoms with Gasteiger partial charge in [0.1, 0.15) is 5.75 Å². The lowest BCUT2D eigenvalue weighted by molar-refractivity contribution is -0.0715. The molecule has 0 aliphatic carbocycles. The third-order valence-corrected chi connectivity index (χ3v) is 3.84. The van der Waals surface area contributed by atoms with E-state index in [9.17, 15) is 15.0 Å². The third-order valence-electron chi connectivity index (χ3n) is 3.84. The van der Waals surface area contributed by atoms with Crippen LogP contribution < -0.4 is 0 Å². The molecule has 1 aliphatic rings. The summed E-state index contributed by atoms with van der Waals surface area (Å²) in [5, 5.41) is 20.3. The number of phenols is 1. The summed E-state index contributed by atoms with van der Waals surface area (Å²) in [6.07, 6.45) is 0.284. The third kappa shape index (κ3) is 1.77. The molecule has 0 radical (unpaired) electrons. The van der Waals surface area contributed by atoms with Crippen molar-refractivity contribution in [3.05, 3.63) is 65.2 Å². The van der Waals surface area contributed by atoms with Gasteiger partial charge >= 0.3 is 0 Å². The number of fused-ring (bicyclic) bond motifs is 1. The second kappa shape index (κ2) is 4.35. The summed E-state index contributed by atoms with van der Waals surface area (Å²) < 4.78 is 0. The number of rotatable bonds is 2. The van der Waals surface area contributed by atoms with Crippen molar-refractivity contribution in [1.82, 2.24) is 4.90 Å². The number of phenolic OH excluding ortho intramolecular Hbond substituents is 1. The highest BCUT2D eigenvalue weighted by Gasteiger charge is 2.46. The first kappa shape index (κ1) is 12.7. The molecule has 2 aromatic rings. The molecular formula is C16H15NO3. The highest BCUT2D eigenvalue weighted by atomic mass is 16.3. The number of carbonyl (C=O) groups excluding carboxylic acids is 1. The lowest BCUT2D eigenvalue weighted by Gasteiger charge is -2.31. The predicted molar refractivity (Wildman–Crippen MR) is 74.2 cm³/mol. The Morgan fingerprint density at radius 2 is 1.75 bits per heavy atom. The highest BCUT2D eigenvalue weighted by molar-refractivity contribution is 5.99. The number of likely N-dealkylation sites (N-methyl/N-ethyl adjacent to an activating group) is 1. The minimum atomic E-state index is -1.34. The Hall–Kier alpha value is -2.33. The Balaban J connectivity index is 2.03. The van der Waals surface area contributed by atoms with Crippen LogP contribution in [0.5, 0.6) is 5.75 Å². The molecule has 0 aromatic heterocycles. The zero-order chi connectivity index (χ0) is 14.3. The SMILES string of the molecule is CN1C(=O)c2ccccc2C1(O)Cc1ccc(O)cc1. The zero-order valence-electron chi connectivity index (χ0n) is 11.1. The van der Waals surface area contributed by atoms with Crippen molar-refractivity contribution in [1.29, 1.82) is 0 Å². The van der Waals surface area contributed by atoms with E-state index in [1.807, 2.05) is 6.07 Å². The molecule has 1 aliphatic heterocycles. The molecule has 3 rings (SSSR count). The van der Waals surface area contributed by atoms with Crippen LogP contribution >= 0.6 is 0 Å². The fourth-order valence-electron chi connectivity index (χ4n) is 2.66. The maximum absolute atomic E-state index is 12.2. The standard InChI is InChI=1S/C16H15NO3/c1-17-15(19)13-4-2-3-5-14(13)16(17,20)10-11-6-8-12(18)9-7-11/h2-9,18,20H,10H2,1H3. The smallest absolute Gasteiger partial charge is 0.256 e. The van der Waals surface area contributed by atoms with Gasteiger partial charge in [0.25, 0.3) is 5.91 Å². The van der Waals surface area contributed by atoms with Crippen LogP contribution in [-0.2, 0) is 12.1 Å². The van der Waals surface area contributed by atoms with Gasteiger partial charge < -0.3 is 15.1 Å². The molecule has 20 heavy (non-hydrogen) atoms. The first-order chi connectivity index (χ1) is 9.52. The molecule has 1 atom stereocenters. The molecule has 0 saturated heterocycles. The van der Waals surface area contributed by atoms with E-state index < -0.39 is 5.72 Å². The van der Waals surface area contributed by atoms with Gasteiger partial charge in [0.05, 0.1) is 0 Å². The number of hydrogen-bond acceptors (Lipinski definition) is 3. The van der Waals surface area contributed by atoms with Crippen molar-refractivity contribution in [3.8, 4) is 5.75 Å². The maximum Gasteiger partial charge on any atom is 0.256 e. The van der Waals surface area contributed by atoms with E-state index >= 15 is 0 Å². The molecule has 0 bridgehead atoms. The van der Waals surface area contributed by atoms with E-state index in [-0.39, 0.29) is 18.1 Å². The van der Waals surface area contributed by atoms with Crippen LogP contribution in [0.15, 0.2) is 48.5 Å². The Labute approximate surface area is 116 Å². The van der Waals surface area contributed by atoms with Gasteiger partial charge in [-0.3, -0.25) is 4.79 Å². The Bertz CT molecular complexity index is 666. The molecule has 0 saturated carbocycles. The van der Waals surface area contributed by atoms with Crippen LogP contribution in [-0.4, -0.2) is 28.1 Å². The van der Waals surface area contributed by atoms with Crippen molar-refractivity contribution in [2.75, 3.05) is 7.05 Å². The van der Waals surface area contributed by atoms with Crippen LogP contribution in [0, 0.1) is 0 Å². The largest absolute Gasteiger partial charge is 0.508 e. The van der Waals surface area contributed by atoms with E-state index in [0.717, 1.165) is 5.56 Å². The second-order valence-corrected chi connectivity index (χ2v) is 5.07. The maximum atomic E-state index is 12.2. The van der Waals surface area contributed by atoms with Crippen LogP contribution in [0.3, 0.4) is 0 Å². The molecule has 1 heterocycles. The summed E-state index contributed by atoms with van der Waals surface area (Å²) in [6, 6.07) is 13.7. The van der Waals surface area contributed by atoms with Gasteiger partial charge in [-0.1, -0.05) is 30.3 Å². The number of carbonyl (C=O) groups is 1. The predicted octanol–water partition coefficient (Wildman–Crippen LogP) is 1.87. The van der Waals surface area contributed by atoms with Gasteiger partial charge in [-0.15, -0.1) is 0 Å². The molecule has 1 amide bonds. The first-order valence-electron chi connectivity index (χ1n) is 6.40. The lowest BCUT2D eigenvalue weighted by atomic mass is 9.94. The second-order valence-electron chi connectivity index (χ2n) is 5.07. The fraction of sp³-hybridized carbons (Fsp3) is 0.188. The Kier molecular flexibility index (Phi) is 2.76. The first-order valence-corrected chi connectivity index (χ1v) is 6.40. The number of amides is 1. The molecule has 1 unspecified atom stereocenters. The van der Waals surface area contributed by atoms with Crippen LogP contribution in [0.25, 0.3) is 0 Å². The molecule has 4 nitrogen and oxygen atoms in total.